The van der Waals surface area contributed by atoms with Gasteiger partial charge >= 0.3 is 6.18 Å². The lowest BCUT2D eigenvalue weighted by atomic mass is 10.1. The molecule has 0 spiro atoms. The zero-order chi connectivity index (χ0) is 13.0. The molecule has 0 aromatic heterocycles. The van der Waals surface area contributed by atoms with Gasteiger partial charge in [-0.05, 0) is 25.7 Å². The van der Waals surface area contributed by atoms with Crippen LogP contribution in [0.3, 0.4) is 0 Å². The Morgan fingerprint density at radius 3 is 2.11 bits per heavy atom. The van der Waals surface area contributed by atoms with E-state index in [0.717, 1.165) is 25.9 Å². The summed E-state index contributed by atoms with van der Waals surface area (Å²) in [7, 11) is 0. The summed E-state index contributed by atoms with van der Waals surface area (Å²) in [5.41, 5.74) is 3.47. The molecule has 2 aliphatic rings. The van der Waals surface area contributed by atoms with E-state index in [-0.39, 0.29) is 0 Å². The van der Waals surface area contributed by atoms with E-state index >= 15 is 0 Å². The second-order valence-corrected chi connectivity index (χ2v) is 5.34. The Bertz CT molecular complexity index is 243. The summed E-state index contributed by atoms with van der Waals surface area (Å²) >= 11 is 0. The fourth-order valence-corrected chi connectivity index (χ4v) is 2.75. The molecular formula is C12H22F3N3. The molecule has 0 amide bonds. The van der Waals surface area contributed by atoms with E-state index in [0.29, 0.717) is 19.1 Å². The van der Waals surface area contributed by atoms with Crippen molar-refractivity contribution in [2.45, 2.75) is 44.3 Å². The summed E-state index contributed by atoms with van der Waals surface area (Å²) in [5, 5.41) is 2.24. The van der Waals surface area contributed by atoms with Gasteiger partial charge in [0.05, 0.1) is 6.54 Å². The third-order valence-electron chi connectivity index (χ3n) is 3.71. The minimum atomic E-state index is -4.06. The fourth-order valence-electron chi connectivity index (χ4n) is 2.75. The van der Waals surface area contributed by atoms with Crippen LogP contribution in [0.2, 0.25) is 0 Å². The van der Waals surface area contributed by atoms with Crippen LogP contribution in [0.15, 0.2) is 0 Å². The lowest BCUT2D eigenvalue weighted by Crippen LogP contribution is -2.52. The highest BCUT2D eigenvalue weighted by Gasteiger charge is 2.32. The Balaban J connectivity index is 1.66. The average molecular weight is 265 g/mol. The van der Waals surface area contributed by atoms with Crippen molar-refractivity contribution in [1.29, 1.82) is 0 Å². The highest BCUT2D eigenvalue weighted by Crippen LogP contribution is 2.20. The van der Waals surface area contributed by atoms with Gasteiger partial charge < -0.3 is 0 Å². The van der Waals surface area contributed by atoms with Gasteiger partial charge in [0, 0.05) is 32.2 Å². The average Bonchev–Trinajstić information content (AvgIpc) is 2.31. The summed E-state index contributed by atoms with van der Waals surface area (Å²) in [6.45, 7) is 2.48. The van der Waals surface area contributed by atoms with Gasteiger partial charge in [0.2, 0.25) is 0 Å². The smallest absolute Gasteiger partial charge is 0.295 e. The molecule has 0 unspecified atom stereocenters. The second kappa shape index (κ2) is 6.21. The molecule has 18 heavy (non-hydrogen) atoms. The highest BCUT2D eigenvalue weighted by molar-refractivity contribution is 4.78. The zero-order valence-corrected chi connectivity index (χ0v) is 10.7. The van der Waals surface area contributed by atoms with Crippen LogP contribution in [0, 0.1) is 0 Å². The number of piperidine rings is 2. The monoisotopic (exact) mass is 265 g/mol. The molecule has 106 valence electrons. The number of alkyl halides is 3. The van der Waals surface area contributed by atoms with Gasteiger partial charge in [-0.1, -0.05) is 6.42 Å². The van der Waals surface area contributed by atoms with E-state index in [2.05, 4.69) is 10.4 Å². The maximum Gasteiger partial charge on any atom is 0.401 e. The van der Waals surface area contributed by atoms with Gasteiger partial charge in [0.1, 0.15) is 0 Å². The van der Waals surface area contributed by atoms with E-state index < -0.39 is 12.7 Å². The van der Waals surface area contributed by atoms with Crippen molar-refractivity contribution in [3.8, 4) is 0 Å². The minimum Gasteiger partial charge on any atom is -0.295 e. The third-order valence-corrected chi connectivity index (χ3v) is 3.71. The molecular weight excluding hydrogens is 243 g/mol. The van der Waals surface area contributed by atoms with E-state index in [4.69, 9.17) is 0 Å². The van der Waals surface area contributed by atoms with E-state index in [9.17, 15) is 13.2 Å². The summed E-state index contributed by atoms with van der Waals surface area (Å²) in [5.74, 6) is 0. The van der Waals surface area contributed by atoms with Crippen LogP contribution in [0.5, 0.6) is 0 Å². The topological polar surface area (TPSA) is 18.5 Å². The number of hydrogen-bond acceptors (Lipinski definition) is 3. The lowest BCUT2D eigenvalue weighted by molar-refractivity contribution is -0.148. The Morgan fingerprint density at radius 1 is 0.944 bits per heavy atom. The Kier molecular flexibility index (Phi) is 4.86. The van der Waals surface area contributed by atoms with Gasteiger partial charge in [-0.3, -0.25) is 10.3 Å². The van der Waals surface area contributed by atoms with Gasteiger partial charge in [-0.2, -0.15) is 13.2 Å². The van der Waals surface area contributed by atoms with Gasteiger partial charge in [0.15, 0.2) is 0 Å². The van der Waals surface area contributed by atoms with Crippen LogP contribution >= 0.6 is 0 Å². The molecule has 6 heteroatoms. The number of nitrogens with one attached hydrogen (secondary N) is 1. The summed E-state index contributed by atoms with van der Waals surface area (Å²) < 4.78 is 36.7. The van der Waals surface area contributed by atoms with E-state index in [1.807, 2.05) is 0 Å². The van der Waals surface area contributed by atoms with Crippen LogP contribution in [0.1, 0.15) is 32.1 Å². The van der Waals surface area contributed by atoms with Crippen molar-refractivity contribution in [3.05, 3.63) is 0 Å². The lowest BCUT2D eigenvalue weighted by Gasteiger charge is -2.37. The standard InChI is InChI=1S/C12H22F3N3/c13-12(14,15)10-17-8-4-11(5-9-17)16-18-6-2-1-3-7-18/h11,16H,1-10H2. The first-order valence-electron chi connectivity index (χ1n) is 6.83. The Hall–Kier alpha value is -0.330. The minimum absolute atomic E-state index is 0.354. The van der Waals surface area contributed by atoms with Gasteiger partial charge in [-0.15, -0.1) is 0 Å². The van der Waals surface area contributed by atoms with Crippen molar-refractivity contribution in [2.24, 2.45) is 0 Å². The zero-order valence-electron chi connectivity index (χ0n) is 10.7. The fraction of sp³-hybridized carbons (Fsp3) is 1.00. The molecule has 0 saturated carbocycles. The third kappa shape index (κ3) is 4.74. The summed E-state index contributed by atoms with van der Waals surface area (Å²) in [6.07, 6.45) is 1.30. The first-order chi connectivity index (χ1) is 8.53. The number of hydrazine groups is 1. The predicted molar refractivity (Wildman–Crippen MR) is 64.1 cm³/mol. The molecule has 0 atom stereocenters. The summed E-state index contributed by atoms with van der Waals surface area (Å²) in [6, 6.07) is 0.354. The Labute approximate surface area is 106 Å². The molecule has 3 nitrogen and oxygen atoms in total. The van der Waals surface area contributed by atoms with Crippen LogP contribution in [0.4, 0.5) is 13.2 Å². The second-order valence-electron chi connectivity index (χ2n) is 5.34. The molecule has 2 heterocycles. The summed E-state index contributed by atoms with van der Waals surface area (Å²) in [4.78, 5) is 1.51. The van der Waals surface area contributed by atoms with Crippen molar-refractivity contribution < 1.29 is 13.2 Å². The predicted octanol–water partition coefficient (Wildman–Crippen LogP) is 2.00. The number of likely N-dealkylation sites (tertiary alicyclic amines) is 1. The maximum absolute atomic E-state index is 12.2. The molecule has 2 rings (SSSR count). The number of halogens is 3. The largest absolute Gasteiger partial charge is 0.401 e. The number of hydrogen-bond donors (Lipinski definition) is 1. The molecule has 0 bridgehead atoms. The number of rotatable bonds is 3. The maximum atomic E-state index is 12.2. The van der Waals surface area contributed by atoms with E-state index in [1.54, 1.807) is 0 Å². The van der Waals surface area contributed by atoms with Crippen molar-refractivity contribution in [3.63, 3.8) is 0 Å². The SMILES string of the molecule is FC(F)(F)CN1CCC(NN2CCCCC2)CC1. The van der Waals surface area contributed by atoms with Crippen LogP contribution in [-0.2, 0) is 0 Å². The first kappa shape index (κ1) is 14.1. The van der Waals surface area contributed by atoms with Crippen LogP contribution < -0.4 is 5.43 Å². The molecule has 2 saturated heterocycles. The highest BCUT2D eigenvalue weighted by atomic mass is 19.4. The van der Waals surface area contributed by atoms with Crippen molar-refractivity contribution >= 4 is 0 Å². The van der Waals surface area contributed by atoms with Crippen LogP contribution in [-0.4, -0.2) is 54.9 Å². The van der Waals surface area contributed by atoms with Crippen molar-refractivity contribution in [1.82, 2.24) is 15.3 Å². The molecule has 0 aliphatic carbocycles. The van der Waals surface area contributed by atoms with E-state index in [1.165, 1.54) is 24.2 Å². The van der Waals surface area contributed by atoms with Gasteiger partial charge in [-0.25, -0.2) is 5.01 Å². The molecule has 2 aliphatic heterocycles. The normalized spacial score (nSPS) is 25.5. The molecule has 0 aromatic carbocycles. The number of nitrogens with zero attached hydrogens (tertiary/aromatic N) is 2. The van der Waals surface area contributed by atoms with Gasteiger partial charge in [0.25, 0.3) is 0 Å². The molecule has 0 radical (unpaired) electrons. The Morgan fingerprint density at radius 2 is 1.56 bits per heavy atom. The molecule has 1 N–H and O–H groups in total. The first-order valence-corrected chi connectivity index (χ1v) is 6.83. The van der Waals surface area contributed by atoms with Crippen molar-refractivity contribution in [2.75, 3.05) is 32.7 Å². The van der Waals surface area contributed by atoms with Crippen LogP contribution in [0.25, 0.3) is 0 Å². The quantitative estimate of drug-likeness (QED) is 0.842. The molecule has 2 fully saturated rings. The molecule has 0 aromatic rings.